The number of hydrogen-bond acceptors (Lipinski definition) is 3. The molecule has 0 aromatic heterocycles. The van der Waals surface area contributed by atoms with Gasteiger partial charge in [0.1, 0.15) is 5.41 Å². The van der Waals surface area contributed by atoms with E-state index < -0.39 is 22.8 Å². The molecule has 0 rings (SSSR count). The molecule has 2 amide bonds. The van der Waals surface area contributed by atoms with Crippen molar-refractivity contribution in [2.45, 2.75) is 72.4 Å². The minimum Gasteiger partial charge on any atom is -0.388 e. The Labute approximate surface area is 122 Å². The first-order valence-electron chi connectivity index (χ1n) is 7.34. The Bertz CT molecular complexity index is 347. The number of carbonyl (C=O) groups excluding carboxylic acids is 2. The van der Waals surface area contributed by atoms with Crippen molar-refractivity contribution in [3.63, 3.8) is 0 Å². The van der Waals surface area contributed by atoms with Gasteiger partial charge in [-0.1, -0.05) is 27.7 Å². The maximum absolute atomic E-state index is 12.3. The molecule has 0 aliphatic carbocycles. The molecule has 0 spiro atoms. The Kier molecular flexibility index (Phi) is 6.68. The molecular formula is C15H30N2O3. The molecule has 0 saturated carbocycles. The molecule has 20 heavy (non-hydrogen) atoms. The SMILES string of the molecule is CCC(O)(CC)[C@@H](CC(C)C)NC(=O)C(C)(C)C(N)=O. The number of carbonyl (C=O) groups is 2. The van der Waals surface area contributed by atoms with Crippen LogP contribution in [-0.4, -0.2) is 28.6 Å². The van der Waals surface area contributed by atoms with Crippen LogP contribution < -0.4 is 11.1 Å². The first-order chi connectivity index (χ1) is 9.01. The van der Waals surface area contributed by atoms with Crippen LogP contribution in [-0.2, 0) is 9.59 Å². The highest BCUT2D eigenvalue weighted by atomic mass is 16.3. The molecule has 0 fully saturated rings. The summed E-state index contributed by atoms with van der Waals surface area (Å²) < 4.78 is 0. The summed E-state index contributed by atoms with van der Waals surface area (Å²) in [6, 6.07) is -0.386. The van der Waals surface area contributed by atoms with Gasteiger partial charge in [0.05, 0.1) is 11.6 Å². The van der Waals surface area contributed by atoms with E-state index >= 15 is 0 Å². The van der Waals surface area contributed by atoms with Gasteiger partial charge in [-0.3, -0.25) is 9.59 Å². The maximum atomic E-state index is 12.3. The molecule has 0 unspecified atom stereocenters. The van der Waals surface area contributed by atoms with Gasteiger partial charge in [-0.15, -0.1) is 0 Å². The molecule has 5 heteroatoms. The third-order valence-electron chi connectivity index (χ3n) is 4.07. The van der Waals surface area contributed by atoms with Gasteiger partial charge in [0.25, 0.3) is 0 Å². The lowest BCUT2D eigenvalue weighted by Crippen LogP contribution is -2.57. The van der Waals surface area contributed by atoms with Crippen molar-refractivity contribution in [3.05, 3.63) is 0 Å². The van der Waals surface area contributed by atoms with Crippen LogP contribution >= 0.6 is 0 Å². The third kappa shape index (κ3) is 4.47. The van der Waals surface area contributed by atoms with E-state index in [-0.39, 0.29) is 6.04 Å². The number of amides is 2. The molecule has 0 aromatic rings. The maximum Gasteiger partial charge on any atom is 0.235 e. The van der Waals surface area contributed by atoms with Gasteiger partial charge in [-0.2, -0.15) is 0 Å². The molecular weight excluding hydrogens is 256 g/mol. The molecule has 0 aliphatic rings. The normalized spacial score (nSPS) is 14.2. The van der Waals surface area contributed by atoms with E-state index in [0.29, 0.717) is 25.2 Å². The Morgan fingerprint density at radius 2 is 1.65 bits per heavy atom. The Balaban J connectivity index is 5.19. The largest absolute Gasteiger partial charge is 0.388 e. The number of nitrogens with one attached hydrogen (secondary N) is 1. The zero-order valence-electron chi connectivity index (χ0n) is 13.6. The van der Waals surface area contributed by atoms with Crippen LogP contribution in [0, 0.1) is 11.3 Å². The molecule has 0 radical (unpaired) electrons. The summed E-state index contributed by atoms with van der Waals surface area (Å²) in [7, 11) is 0. The second-order valence-electron chi connectivity index (χ2n) is 6.46. The highest BCUT2D eigenvalue weighted by Crippen LogP contribution is 2.26. The molecule has 5 nitrogen and oxygen atoms in total. The van der Waals surface area contributed by atoms with Gasteiger partial charge < -0.3 is 16.2 Å². The lowest BCUT2D eigenvalue weighted by Gasteiger charge is -2.38. The van der Waals surface area contributed by atoms with E-state index in [1.54, 1.807) is 0 Å². The number of aliphatic hydroxyl groups is 1. The van der Waals surface area contributed by atoms with Gasteiger partial charge in [0.2, 0.25) is 11.8 Å². The van der Waals surface area contributed by atoms with Crippen LogP contribution in [0.1, 0.15) is 60.8 Å². The summed E-state index contributed by atoms with van der Waals surface area (Å²) in [5, 5.41) is 13.5. The fourth-order valence-corrected chi connectivity index (χ4v) is 2.08. The van der Waals surface area contributed by atoms with E-state index in [9.17, 15) is 14.7 Å². The topological polar surface area (TPSA) is 92.4 Å². The Morgan fingerprint density at radius 3 is 1.95 bits per heavy atom. The fourth-order valence-electron chi connectivity index (χ4n) is 2.08. The monoisotopic (exact) mass is 286 g/mol. The minimum absolute atomic E-state index is 0.321. The third-order valence-corrected chi connectivity index (χ3v) is 4.07. The Hall–Kier alpha value is -1.10. The molecule has 0 bridgehead atoms. The molecule has 0 saturated heterocycles. The summed E-state index contributed by atoms with van der Waals surface area (Å²) in [4.78, 5) is 23.6. The highest BCUT2D eigenvalue weighted by Gasteiger charge is 2.40. The molecule has 0 aromatic carbocycles. The number of nitrogens with two attached hydrogens (primary N) is 1. The predicted octanol–water partition coefficient (Wildman–Crippen LogP) is 1.58. The molecule has 0 aliphatic heterocycles. The van der Waals surface area contributed by atoms with Gasteiger partial charge in [-0.05, 0) is 39.0 Å². The second-order valence-corrected chi connectivity index (χ2v) is 6.46. The number of rotatable bonds is 8. The van der Waals surface area contributed by atoms with Gasteiger partial charge >= 0.3 is 0 Å². The van der Waals surface area contributed by atoms with E-state index in [1.807, 2.05) is 27.7 Å². The second kappa shape index (κ2) is 7.07. The number of hydrogen-bond donors (Lipinski definition) is 3. The zero-order valence-corrected chi connectivity index (χ0v) is 13.6. The lowest BCUT2D eigenvalue weighted by molar-refractivity contribution is -0.141. The van der Waals surface area contributed by atoms with Crippen molar-refractivity contribution >= 4 is 11.8 Å². The van der Waals surface area contributed by atoms with Crippen LogP contribution in [0.3, 0.4) is 0 Å². The van der Waals surface area contributed by atoms with Crippen molar-refractivity contribution in [3.8, 4) is 0 Å². The zero-order chi connectivity index (χ0) is 16.1. The minimum atomic E-state index is -1.28. The first-order valence-corrected chi connectivity index (χ1v) is 7.34. The summed E-state index contributed by atoms with van der Waals surface area (Å²) in [5.74, 6) is -0.785. The fraction of sp³-hybridized carbons (Fsp3) is 0.867. The lowest BCUT2D eigenvalue weighted by atomic mass is 9.82. The van der Waals surface area contributed by atoms with E-state index in [2.05, 4.69) is 5.32 Å². The Morgan fingerprint density at radius 1 is 1.20 bits per heavy atom. The predicted molar refractivity (Wildman–Crippen MR) is 79.9 cm³/mol. The molecule has 1 atom stereocenters. The summed E-state index contributed by atoms with van der Waals surface area (Å²) in [6.07, 6.45) is 1.73. The van der Waals surface area contributed by atoms with Crippen molar-refractivity contribution in [2.75, 3.05) is 0 Å². The smallest absolute Gasteiger partial charge is 0.235 e. The summed E-state index contributed by atoms with van der Waals surface area (Å²) in [6.45, 7) is 10.8. The van der Waals surface area contributed by atoms with Crippen molar-refractivity contribution in [1.82, 2.24) is 5.32 Å². The van der Waals surface area contributed by atoms with Crippen LogP contribution in [0.2, 0.25) is 0 Å². The van der Waals surface area contributed by atoms with Crippen LogP contribution in [0.25, 0.3) is 0 Å². The standard InChI is InChI=1S/C15H30N2O3/c1-7-15(20,8-2)11(9-10(3)4)17-13(19)14(5,6)12(16)18/h10-11,20H,7-9H2,1-6H3,(H2,16,18)(H,17,19)/t11-/m1/s1. The average Bonchev–Trinajstić information content (AvgIpc) is 2.36. The van der Waals surface area contributed by atoms with Gasteiger partial charge in [0.15, 0.2) is 0 Å². The van der Waals surface area contributed by atoms with Crippen LogP contribution in [0.15, 0.2) is 0 Å². The highest BCUT2D eigenvalue weighted by molar-refractivity contribution is 6.03. The summed E-state index contributed by atoms with van der Waals surface area (Å²) in [5.41, 5.74) is 3.02. The molecule has 0 heterocycles. The van der Waals surface area contributed by atoms with Crippen molar-refractivity contribution < 1.29 is 14.7 Å². The van der Waals surface area contributed by atoms with Crippen molar-refractivity contribution in [1.29, 1.82) is 0 Å². The van der Waals surface area contributed by atoms with Crippen LogP contribution in [0.5, 0.6) is 0 Å². The first kappa shape index (κ1) is 18.9. The van der Waals surface area contributed by atoms with Gasteiger partial charge in [-0.25, -0.2) is 0 Å². The van der Waals surface area contributed by atoms with Crippen molar-refractivity contribution in [2.24, 2.45) is 17.1 Å². The molecule has 118 valence electrons. The van der Waals surface area contributed by atoms with E-state index in [1.165, 1.54) is 13.8 Å². The molecule has 4 N–H and O–H groups in total. The van der Waals surface area contributed by atoms with E-state index in [4.69, 9.17) is 5.73 Å². The van der Waals surface area contributed by atoms with Gasteiger partial charge in [0, 0.05) is 0 Å². The van der Waals surface area contributed by atoms with Crippen LogP contribution in [0.4, 0.5) is 0 Å². The quantitative estimate of drug-likeness (QED) is 0.591. The average molecular weight is 286 g/mol. The summed E-state index contributed by atoms with van der Waals surface area (Å²) >= 11 is 0. The van der Waals surface area contributed by atoms with E-state index in [0.717, 1.165) is 0 Å². The number of primary amides is 1.